The van der Waals surface area contributed by atoms with E-state index in [9.17, 15) is 0 Å². The Bertz CT molecular complexity index is 519. The molecule has 0 aliphatic carbocycles. The highest BCUT2D eigenvalue weighted by Gasteiger charge is 2.06. The van der Waals surface area contributed by atoms with Crippen LogP contribution in [0.1, 0.15) is 11.3 Å². The topological polar surface area (TPSA) is 75.9 Å². The number of nitrogens with one attached hydrogen (secondary N) is 1. The molecule has 0 saturated carbocycles. The lowest BCUT2D eigenvalue weighted by atomic mass is 10.1. The molecule has 0 unspecified atom stereocenters. The molecule has 0 spiro atoms. The minimum absolute atomic E-state index is 0.0879. The lowest BCUT2D eigenvalue weighted by Crippen LogP contribution is -2.03. The fourth-order valence-corrected chi connectivity index (χ4v) is 1.79. The number of aromatic nitrogens is 1. The first kappa shape index (κ1) is 11.7. The summed E-state index contributed by atoms with van der Waals surface area (Å²) in [4.78, 5) is 4.34. The van der Waals surface area contributed by atoms with Crippen LogP contribution in [0.25, 0.3) is 11.5 Å². The average Bonchev–Trinajstić information content (AvgIpc) is 2.76. The van der Waals surface area contributed by atoms with Crippen molar-refractivity contribution in [2.45, 2.75) is 12.7 Å². The van der Waals surface area contributed by atoms with Crippen LogP contribution in [0, 0.1) is 12.3 Å². The van der Waals surface area contributed by atoms with Crippen LogP contribution in [0.15, 0.2) is 34.9 Å². The number of amidine groups is 1. The first-order valence-electron chi connectivity index (χ1n) is 5.13. The zero-order valence-corrected chi connectivity index (χ0v) is 10.3. The van der Waals surface area contributed by atoms with E-state index in [1.165, 1.54) is 17.3 Å². The van der Waals surface area contributed by atoms with Gasteiger partial charge in [-0.1, -0.05) is 29.5 Å². The van der Waals surface area contributed by atoms with Crippen molar-refractivity contribution in [3.05, 3.63) is 41.8 Å². The number of benzene rings is 1. The average molecular weight is 247 g/mol. The van der Waals surface area contributed by atoms with Gasteiger partial charge < -0.3 is 10.2 Å². The zero-order chi connectivity index (χ0) is 12.3. The smallest absolute Gasteiger partial charge is 0.226 e. The van der Waals surface area contributed by atoms with E-state index in [2.05, 4.69) is 4.98 Å². The number of nitrogens with zero attached hydrogens (tertiary/aromatic N) is 1. The molecule has 1 aromatic heterocycles. The van der Waals surface area contributed by atoms with Crippen molar-refractivity contribution in [1.82, 2.24) is 4.98 Å². The zero-order valence-electron chi connectivity index (χ0n) is 9.43. The van der Waals surface area contributed by atoms with E-state index in [0.29, 0.717) is 11.6 Å². The molecule has 0 amide bonds. The Labute approximate surface area is 104 Å². The molecule has 4 nitrogen and oxygen atoms in total. The highest BCUT2D eigenvalue weighted by Crippen LogP contribution is 2.20. The fourth-order valence-electron chi connectivity index (χ4n) is 1.35. The third kappa shape index (κ3) is 3.10. The molecule has 0 fully saturated rings. The monoisotopic (exact) mass is 247 g/mol. The molecule has 5 heteroatoms. The van der Waals surface area contributed by atoms with Crippen LogP contribution in [-0.4, -0.2) is 10.2 Å². The van der Waals surface area contributed by atoms with Gasteiger partial charge in [0.15, 0.2) is 5.17 Å². The van der Waals surface area contributed by atoms with Crippen molar-refractivity contribution in [3.63, 3.8) is 0 Å². The van der Waals surface area contributed by atoms with Crippen molar-refractivity contribution in [2.24, 2.45) is 5.73 Å². The fraction of sp³-hybridized carbons (Fsp3) is 0.167. The SMILES string of the molecule is Cc1ccc(-c2nc(CSC(=N)N)co2)cc1. The molecule has 1 heterocycles. The van der Waals surface area contributed by atoms with Crippen LogP contribution < -0.4 is 5.73 Å². The van der Waals surface area contributed by atoms with Gasteiger partial charge in [-0.25, -0.2) is 4.98 Å². The molecule has 0 radical (unpaired) electrons. The lowest BCUT2D eigenvalue weighted by molar-refractivity contribution is 0.573. The Morgan fingerprint density at radius 1 is 1.41 bits per heavy atom. The Morgan fingerprint density at radius 3 is 2.76 bits per heavy atom. The first-order valence-corrected chi connectivity index (χ1v) is 6.12. The van der Waals surface area contributed by atoms with Gasteiger partial charge in [0.1, 0.15) is 6.26 Å². The van der Waals surface area contributed by atoms with Crippen molar-refractivity contribution >= 4 is 16.9 Å². The summed E-state index contributed by atoms with van der Waals surface area (Å²) in [6, 6.07) is 7.99. The second kappa shape index (κ2) is 5.05. The summed E-state index contributed by atoms with van der Waals surface area (Å²) in [6.07, 6.45) is 1.60. The van der Waals surface area contributed by atoms with E-state index >= 15 is 0 Å². The molecule has 0 aliphatic rings. The number of oxazole rings is 1. The lowest BCUT2D eigenvalue weighted by Gasteiger charge is -1.95. The van der Waals surface area contributed by atoms with Crippen LogP contribution in [-0.2, 0) is 5.75 Å². The van der Waals surface area contributed by atoms with Gasteiger partial charge >= 0.3 is 0 Å². The van der Waals surface area contributed by atoms with Gasteiger partial charge in [-0.2, -0.15) is 0 Å². The Balaban J connectivity index is 2.12. The molecule has 88 valence electrons. The van der Waals surface area contributed by atoms with Gasteiger partial charge in [0.25, 0.3) is 0 Å². The highest BCUT2D eigenvalue weighted by molar-refractivity contribution is 8.13. The largest absolute Gasteiger partial charge is 0.444 e. The third-order valence-electron chi connectivity index (χ3n) is 2.23. The summed E-state index contributed by atoms with van der Waals surface area (Å²) in [6.45, 7) is 2.04. The Kier molecular flexibility index (Phi) is 3.49. The molecular formula is C12H13N3OS. The van der Waals surface area contributed by atoms with E-state index in [1.807, 2.05) is 31.2 Å². The first-order chi connectivity index (χ1) is 8.15. The quantitative estimate of drug-likeness (QED) is 0.646. The molecule has 0 atom stereocenters. The highest BCUT2D eigenvalue weighted by atomic mass is 32.2. The maximum absolute atomic E-state index is 7.12. The van der Waals surface area contributed by atoms with E-state index in [0.717, 1.165) is 11.3 Å². The van der Waals surface area contributed by atoms with Gasteiger partial charge in [0.05, 0.1) is 5.69 Å². The van der Waals surface area contributed by atoms with Gasteiger partial charge in [-0.05, 0) is 19.1 Å². The van der Waals surface area contributed by atoms with Crippen molar-refractivity contribution in [2.75, 3.05) is 0 Å². The molecule has 0 bridgehead atoms. The van der Waals surface area contributed by atoms with Crippen LogP contribution in [0.2, 0.25) is 0 Å². The number of aryl methyl sites for hydroxylation is 1. The summed E-state index contributed by atoms with van der Waals surface area (Å²) in [5.41, 5.74) is 8.21. The number of nitrogens with two attached hydrogens (primary N) is 1. The van der Waals surface area contributed by atoms with E-state index in [4.69, 9.17) is 15.6 Å². The number of thioether (sulfide) groups is 1. The predicted molar refractivity (Wildman–Crippen MR) is 69.9 cm³/mol. The van der Waals surface area contributed by atoms with Crippen LogP contribution in [0.3, 0.4) is 0 Å². The molecule has 0 saturated heterocycles. The van der Waals surface area contributed by atoms with E-state index in [-0.39, 0.29) is 5.17 Å². The Hall–Kier alpha value is -1.75. The van der Waals surface area contributed by atoms with Crippen molar-refractivity contribution in [3.8, 4) is 11.5 Å². The summed E-state index contributed by atoms with van der Waals surface area (Å²) >= 11 is 1.23. The van der Waals surface area contributed by atoms with E-state index in [1.54, 1.807) is 6.26 Å². The normalized spacial score (nSPS) is 10.4. The molecule has 17 heavy (non-hydrogen) atoms. The van der Waals surface area contributed by atoms with Crippen molar-refractivity contribution in [1.29, 1.82) is 5.41 Å². The molecule has 1 aromatic carbocycles. The van der Waals surface area contributed by atoms with E-state index < -0.39 is 0 Å². The standard InChI is InChI=1S/C12H13N3OS/c1-8-2-4-9(5-3-8)11-15-10(6-16-11)7-17-12(13)14/h2-6H,7H2,1H3,(H3,13,14). The number of rotatable bonds is 3. The maximum Gasteiger partial charge on any atom is 0.226 e. The number of hydrogen-bond acceptors (Lipinski definition) is 4. The summed E-state index contributed by atoms with van der Waals surface area (Å²) in [5, 5.41) is 7.21. The van der Waals surface area contributed by atoms with Crippen LogP contribution in [0.4, 0.5) is 0 Å². The summed E-state index contributed by atoms with van der Waals surface area (Å²) in [5.74, 6) is 1.16. The second-order valence-corrected chi connectivity index (χ2v) is 4.68. The number of hydrogen-bond donors (Lipinski definition) is 2. The molecule has 2 rings (SSSR count). The minimum Gasteiger partial charge on any atom is -0.444 e. The third-order valence-corrected chi connectivity index (χ3v) is 2.98. The Morgan fingerprint density at radius 2 is 2.12 bits per heavy atom. The van der Waals surface area contributed by atoms with Crippen LogP contribution >= 0.6 is 11.8 Å². The van der Waals surface area contributed by atoms with Crippen LogP contribution in [0.5, 0.6) is 0 Å². The van der Waals surface area contributed by atoms with Gasteiger partial charge in [0, 0.05) is 11.3 Å². The molecular weight excluding hydrogens is 234 g/mol. The van der Waals surface area contributed by atoms with Gasteiger partial charge in [0.2, 0.25) is 5.89 Å². The van der Waals surface area contributed by atoms with Crippen molar-refractivity contribution < 1.29 is 4.42 Å². The van der Waals surface area contributed by atoms with Gasteiger partial charge in [-0.15, -0.1) is 0 Å². The maximum atomic E-state index is 7.12. The van der Waals surface area contributed by atoms with Gasteiger partial charge in [-0.3, -0.25) is 5.41 Å². The summed E-state index contributed by atoms with van der Waals surface area (Å²) < 4.78 is 5.39. The molecule has 2 aromatic rings. The minimum atomic E-state index is 0.0879. The molecule has 3 N–H and O–H groups in total. The second-order valence-electron chi connectivity index (χ2n) is 3.66. The summed E-state index contributed by atoms with van der Waals surface area (Å²) in [7, 11) is 0. The molecule has 0 aliphatic heterocycles. The predicted octanol–water partition coefficient (Wildman–Crippen LogP) is 2.78.